The van der Waals surface area contributed by atoms with Crippen molar-refractivity contribution in [2.75, 3.05) is 11.9 Å². The molecule has 1 aromatic heterocycles. The van der Waals surface area contributed by atoms with Crippen LogP contribution in [0, 0.1) is 5.92 Å². The maximum absolute atomic E-state index is 12.3. The Bertz CT molecular complexity index is 444. The fraction of sp³-hybridized carbons (Fsp3) is 0.647. The number of nitrogens with one attached hydrogen (secondary N) is 2. The van der Waals surface area contributed by atoms with Crippen molar-refractivity contribution in [2.45, 2.75) is 58.4 Å². The van der Waals surface area contributed by atoms with Crippen LogP contribution in [0.3, 0.4) is 0 Å². The quantitative estimate of drug-likeness (QED) is 0.814. The minimum absolute atomic E-state index is 0.00379. The third-order valence-corrected chi connectivity index (χ3v) is 4.17. The molecule has 1 amide bonds. The molecular formula is C17H27N3O. The molecule has 21 heavy (non-hydrogen) atoms. The van der Waals surface area contributed by atoms with Gasteiger partial charge >= 0.3 is 0 Å². The van der Waals surface area contributed by atoms with Gasteiger partial charge < -0.3 is 10.6 Å². The van der Waals surface area contributed by atoms with Crippen molar-refractivity contribution in [3.8, 4) is 0 Å². The predicted octanol–water partition coefficient (Wildman–Crippen LogP) is 3.60. The Morgan fingerprint density at radius 1 is 1.29 bits per heavy atom. The van der Waals surface area contributed by atoms with Crippen LogP contribution in [0.2, 0.25) is 0 Å². The minimum Gasteiger partial charge on any atom is -0.370 e. The highest BCUT2D eigenvalue weighted by Crippen LogP contribution is 2.22. The molecule has 0 aliphatic heterocycles. The normalized spacial score (nSPS) is 22.4. The molecule has 2 atom stereocenters. The van der Waals surface area contributed by atoms with Gasteiger partial charge in [-0.25, -0.2) is 4.98 Å². The molecule has 0 saturated heterocycles. The summed E-state index contributed by atoms with van der Waals surface area (Å²) in [4.78, 5) is 16.5. The average molecular weight is 289 g/mol. The van der Waals surface area contributed by atoms with Crippen LogP contribution in [0.5, 0.6) is 0 Å². The minimum atomic E-state index is 0.00379. The molecule has 0 radical (unpaired) electrons. The van der Waals surface area contributed by atoms with Crippen LogP contribution in [-0.4, -0.2) is 23.5 Å². The van der Waals surface area contributed by atoms with Crippen molar-refractivity contribution in [3.05, 3.63) is 23.9 Å². The summed E-state index contributed by atoms with van der Waals surface area (Å²) in [5.41, 5.74) is 0.648. The third kappa shape index (κ3) is 5.03. The van der Waals surface area contributed by atoms with E-state index in [1.807, 2.05) is 12.1 Å². The summed E-state index contributed by atoms with van der Waals surface area (Å²) in [6, 6.07) is 4.04. The molecule has 2 rings (SSSR count). The van der Waals surface area contributed by atoms with Crippen LogP contribution in [0.1, 0.15) is 62.7 Å². The van der Waals surface area contributed by atoms with E-state index in [1.54, 1.807) is 6.20 Å². The first kappa shape index (κ1) is 15.8. The zero-order valence-electron chi connectivity index (χ0n) is 13.2. The number of nitrogens with zero attached hydrogens (tertiary/aromatic N) is 1. The zero-order valence-corrected chi connectivity index (χ0v) is 13.2. The second kappa shape index (κ2) is 8.01. The van der Waals surface area contributed by atoms with Gasteiger partial charge in [0.1, 0.15) is 5.82 Å². The topological polar surface area (TPSA) is 54.0 Å². The van der Waals surface area contributed by atoms with Crippen LogP contribution >= 0.6 is 0 Å². The van der Waals surface area contributed by atoms with Gasteiger partial charge in [-0.3, -0.25) is 4.79 Å². The van der Waals surface area contributed by atoms with Crippen molar-refractivity contribution < 1.29 is 4.79 Å². The lowest BCUT2D eigenvalue weighted by molar-refractivity contribution is 0.0933. The van der Waals surface area contributed by atoms with Gasteiger partial charge in [-0.2, -0.15) is 0 Å². The number of carbonyl (C=O) groups is 1. The fourth-order valence-corrected chi connectivity index (χ4v) is 2.79. The van der Waals surface area contributed by atoms with Crippen molar-refractivity contribution in [2.24, 2.45) is 5.92 Å². The Morgan fingerprint density at radius 2 is 2.14 bits per heavy atom. The standard InChI is InChI=1S/C17H27N3O/c1-3-11-18-16-10-8-14(12-19-16)17(21)20-15-6-4-5-13(2)7-9-15/h8,10,12-13,15H,3-7,9,11H2,1-2H3,(H,18,19)(H,20,21). The van der Waals surface area contributed by atoms with Crippen molar-refractivity contribution in [3.63, 3.8) is 0 Å². The Labute approximate surface area is 127 Å². The first-order chi connectivity index (χ1) is 10.2. The number of carbonyl (C=O) groups excluding carboxylic acids is 1. The Morgan fingerprint density at radius 3 is 2.86 bits per heavy atom. The second-order valence-electron chi connectivity index (χ2n) is 6.14. The maximum atomic E-state index is 12.3. The molecule has 0 bridgehead atoms. The van der Waals surface area contributed by atoms with Gasteiger partial charge in [0, 0.05) is 18.8 Å². The van der Waals surface area contributed by atoms with Crippen LogP contribution in [-0.2, 0) is 0 Å². The highest BCUT2D eigenvalue weighted by molar-refractivity contribution is 5.94. The fourth-order valence-electron chi connectivity index (χ4n) is 2.79. The first-order valence-corrected chi connectivity index (χ1v) is 8.19. The molecule has 1 aromatic rings. The molecule has 1 aliphatic rings. The molecular weight excluding hydrogens is 262 g/mol. The number of rotatable bonds is 5. The summed E-state index contributed by atoms with van der Waals surface area (Å²) >= 11 is 0. The van der Waals surface area contributed by atoms with Gasteiger partial charge in [0.05, 0.1) is 5.56 Å². The largest absolute Gasteiger partial charge is 0.370 e. The van der Waals surface area contributed by atoms with E-state index in [9.17, 15) is 4.79 Å². The number of aromatic nitrogens is 1. The molecule has 0 aromatic carbocycles. The lowest BCUT2D eigenvalue weighted by Gasteiger charge is -2.16. The van der Waals surface area contributed by atoms with E-state index in [4.69, 9.17) is 0 Å². The number of anilines is 1. The lowest BCUT2D eigenvalue weighted by atomic mass is 10.0. The summed E-state index contributed by atoms with van der Waals surface area (Å²) in [7, 11) is 0. The number of hydrogen-bond acceptors (Lipinski definition) is 3. The predicted molar refractivity (Wildman–Crippen MR) is 86.5 cm³/mol. The smallest absolute Gasteiger partial charge is 0.253 e. The highest BCUT2D eigenvalue weighted by atomic mass is 16.1. The zero-order chi connectivity index (χ0) is 15.1. The van der Waals surface area contributed by atoms with Gasteiger partial charge in [-0.1, -0.05) is 26.7 Å². The lowest BCUT2D eigenvalue weighted by Crippen LogP contribution is -2.34. The monoisotopic (exact) mass is 289 g/mol. The number of amides is 1. The van der Waals surface area contributed by atoms with Crippen LogP contribution < -0.4 is 10.6 Å². The van der Waals surface area contributed by atoms with Crippen LogP contribution in [0.15, 0.2) is 18.3 Å². The SMILES string of the molecule is CCCNc1ccc(C(=O)NC2CCCC(C)CC2)cn1. The summed E-state index contributed by atoms with van der Waals surface area (Å²) in [5.74, 6) is 1.62. The Balaban J connectivity index is 1.87. The van der Waals surface area contributed by atoms with E-state index in [2.05, 4.69) is 29.5 Å². The molecule has 1 fully saturated rings. The van der Waals surface area contributed by atoms with Gasteiger partial charge in [-0.05, 0) is 43.7 Å². The van der Waals surface area contributed by atoms with Gasteiger partial charge in [0.15, 0.2) is 0 Å². The molecule has 1 aliphatic carbocycles. The van der Waals surface area contributed by atoms with E-state index >= 15 is 0 Å². The van der Waals surface area contributed by atoms with Crippen LogP contribution in [0.4, 0.5) is 5.82 Å². The summed E-state index contributed by atoms with van der Waals surface area (Å²) in [6.07, 6.45) is 8.62. The van der Waals surface area contributed by atoms with Crippen molar-refractivity contribution in [1.29, 1.82) is 0 Å². The summed E-state index contributed by atoms with van der Waals surface area (Å²) in [5, 5.41) is 6.37. The molecule has 1 heterocycles. The molecule has 2 unspecified atom stereocenters. The van der Waals surface area contributed by atoms with E-state index in [0.717, 1.165) is 37.5 Å². The Hall–Kier alpha value is -1.58. The third-order valence-electron chi connectivity index (χ3n) is 4.17. The Kier molecular flexibility index (Phi) is 6.03. The van der Waals surface area contributed by atoms with Gasteiger partial charge in [0.25, 0.3) is 5.91 Å². The second-order valence-corrected chi connectivity index (χ2v) is 6.14. The average Bonchev–Trinajstić information content (AvgIpc) is 2.70. The molecule has 4 nitrogen and oxygen atoms in total. The molecule has 0 spiro atoms. The number of hydrogen-bond donors (Lipinski definition) is 2. The van der Waals surface area contributed by atoms with Crippen LogP contribution in [0.25, 0.3) is 0 Å². The molecule has 4 heteroatoms. The molecule has 116 valence electrons. The molecule has 1 saturated carbocycles. The van der Waals surface area contributed by atoms with Crippen molar-refractivity contribution >= 4 is 11.7 Å². The van der Waals surface area contributed by atoms with E-state index in [-0.39, 0.29) is 5.91 Å². The van der Waals surface area contributed by atoms with E-state index in [1.165, 1.54) is 19.3 Å². The van der Waals surface area contributed by atoms with E-state index < -0.39 is 0 Å². The summed E-state index contributed by atoms with van der Waals surface area (Å²) < 4.78 is 0. The maximum Gasteiger partial charge on any atom is 0.253 e. The highest BCUT2D eigenvalue weighted by Gasteiger charge is 2.18. The van der Waals surface area contributed by atoms with Gasteiger partial charge in [-0.15, -0.1) is 0 Å². The van der Waals surface area contributed by atoms with Crippen molar-refractivity contribution in [1.82, 2.24) is 10.3 Å². The molecule has 2 N–H and O–H groups in total. The first-order valence-electron chi connectivity index (χ1n) is 8.19. The van der Waals surface area contributed by atoms with Gasteiger partial charge in [0.2, 0.25) is 0 Å². The van der Waals surface area contributed by atoms with E-state index in [0.29, 0.717) is 11.6 Å². The number of pyridine rings is 1. The summed E-state index contributed by atoms with van der Waals surface area (Å²) in [6.45, 7) is 5.32.